The number of carbonyl (C=O) groups is 1. The third-order valence-electron chi connectivity index (χ3n) is 2.19. The second kappa shape index (κ2) is 3.83. The number of hydrogen-bond donors (Lipinski definition) is 0. The number of aldehydes is 1. The molecule has 0 saturated heterocycles. The summed E-state index contributed by atoms with van der Waals surface area (Å²) in [6.45, 7) is 6.13. The van der Waals surface area contributed by atoms with E-state index in [1.54, 1.807) is 17.1 Å². The monoisotopic (exact) mass is 235 g/mol. The Kier molecular flexibility index (Phi) is 2.63. The van der Waals surface area contributed by atoms with Gasteiger partial charge >= 0.3 is 0 Å². The Morgan fingerprint density at radius 2 is 2.19 bits per heavy atom. The fourth-order valence-electron chi connectivity index (χ4n) is 1.32. The lowest BCUT2D eigenvalue weighted by molar-refractivity contribution is 0.112. The molecule has 16 heavy (non-hydrogen) atoms. The van der Waals surface area contributed by atoms with Crippen molar-refractivity contribution in [3.05, 3.63) is 23.3 Å². The predicted molar refractivity (Wildman–Crippen MR) is 63.7 cm³/mol. The highest BCUT2D eigenvalue weighted by atomic mass is 32.1. The van der Waals surface area contributed by atoms with Gasteiger partial charge < -0.3 is 0 Å². The number of hydrogen-bond acceptors (Lipinski definition) is 4. The Labute approximate surface area is 97.9 Å². The molecule has 2 rings (SSSR count). The van der Waals surface area contributed by atoms with Gasteiger partial charge in [0.05, 0.1) is 11.1 Å². The molecule has 0 unspecified atom stereocenters. The molecule has 4 nitrogen and oxygen atoms in total. The van der Waals surface area contributed by atoms with Gasteiger partial charge in [0.1, 0.15) is 10.7 Å². The van der Waals surface area contributed by atoms with Gasteiger partial charge in [-0.3, -0.25) is 9.48 Å². The van der Waals surface area contributed by atoms with Crippen molar-refractivity contribution in [3.8, 4) is 10.7 Å². The Balaban J connectivity index is 2.54. The second-order valence-corrected chi connectivity index (χ2v) is 5.40. The zero-order valence-electron chi connectivity index (χ0n) is 9.47. The highest BCUT2D eigenvalue weighted by Gasteiger charge is 2.19. The van der Waals surface area contributed by atoms with Crippen molar-refractivity contribution < 1.29 is 4.79 Å². The topological polar surface area (TPSA) is 47.8 Å². The molecular weight excluding hydrogens is 222 g/mol. The molecule has 2 heterocycles. The van der Waals surface area contributed by atoms with Crippen molar-refractivity contribution in [3.63, 3.8) is 0 Å². The van der Waals surface area contributed by atoms with Crippen LogP contribution in [0.5, 0.6) is 0 Å². The van der Waals surface area contributed by atoms with Crippen LogP contribution in [-0.2, 0) is 5.54 Å². The van der Waals surface area contributed by atoms with Crippen LogP contribution in [-0.4, -0.2) is 21.1 Å². The average Bonchev–Trinajstić information content (AvgIpc) is 2.85. The quantitative estimate of drug-likeness (QED) is 0.752. The lowest BCUT2D eigenvalue weighted by atomic mass is 10.1. The lowest BCUT2D eigenvalue weighted by Gasteiger charge is -2.18. The van der Waals surface area contributed by atoms with Gasteiger partial charge in [0.25, 0.3) is 0 Å². The summed E-state index contributed by atoms with van der Waals surface area (Å²) in [5.74, 6) is 0. The molecule has 0 radical (unpaired) electrons. The number of thiazole rings is 1. The highest BCUT2D eigenvalue weighted by Crippen LogP contribution is 2.25. The number of rotatable bonds is 2. The first kappa shape index (κ1) is 11.0. The van der Waals surface area contributed by atoms with Crippen molar-refractivity contribution in [2.75, 3.05) is 0 Å². The van der Waals surface area contributed by atoms with E-state index in [1.165, 1.54) is 11.3 Å². The zero-order chi connectivity index (χ0) is 11.8. The second-order valence-electron chi connectivity index (χ2n) is 4.50. The first-order valence-corrected chi connectivity index (χ1v) is 5.85. The summed E-state index contributed by atoms with van der Waals surface area (Å²) in [6, 6.07) is 0. The molecule has 0 bridgehead atoms. The van der Waals surface area contributed by atoms with Gasteiger partial charge in [0.15, 0.2) is 6.29 Å². The molecule has 0 aliphatic rings. The highest BCUT2D eigenvalue weighted by molar-refractivity contribution is 7.13. The molecule has 0 aromatic carbocycles. The molecule has 2 aromatic heterocycles. The number of aromatic nitrogens is 3. The van der Waals surface area contributed by atoms with Crippen LogP contribution in [0.25, 0.3) is 10.7 Å². The van der Waals surface area contributed by atoms with E-state index >= 15 is 0 Å². The van der Waals surface area contributed by atoms with Gasteiger partial charge in [-0.25, -0.2) is 4.98 Å². The maximum absolute atomic E-state index is 11.0. The third-order valence-corrected chi connectivity index (χ3v) is 2.97. The van der Waals surface area contributed by atoms with Crippen LogP contribution >= 0.6 is 11.3 Å². The summed E-state index contributed by atoms with van der Waals surface area (Å²) in [7, 11) is 0. The van der Waals surface area contributed by atoms with E-state index in [9.17, 15) is 4.79 Å². The Bertz CT molecular complexity index is 494. The van der Waals surface area contributed by atoms with E-state index in [2.05, 4.69) is 10.1 Å². The lowest BCUT2D eigenvalue weighted by Crippen LogP contribution is -2.22. The van der Waals surface area contributed by atoms with Gasteiger partial charge in [0.2, 0.25) is 0 Å². The van der Waals surface area contributed by atoms with Crippen LogP contribution in [0.4, 0.5) is 0 Å². The van der Waals surface area contributed by atoms with Crippen molar-refractivity contribution in [1.29, 1.82) is 0 Å². The fourth-order valence-corrected chi connectivity index (χ4v) is 1.97. The summed E-state index contributed by atoms with van der Waals surface area (Å²) in [4.78, 5) is 15.2. The fraction of sp³-hybridized carbons (Fsp3) is 0.364. The Hall–Kier alpha value is -1.49. The van der Waals surface area contributed by atoms with E-state index in [0.29, 0.717) is 11.3 Å². The minimum absolute atomic E-state index is 0.132. The van der Waals surface area contributed by atoms with Crippen molar-refractivity contribution in [2.45, 2.75) is 26.3 Å². The van der Waals surface area contributed by atoms with Gasteiger partial charge in [0, 0.05) is 17.8 Å². The molecule has 0 aliphatic carbocycles. The molecule has 0 amide bonds. The minimum atomic E-state index is -0.132. The molecule has 0 saturated carbocycles. The molecule has 0 fully saturated rings. The number of nitrogens with zero attached hydrogens (tertiary/aromatic N) is 3. The SMILES string of the molecule is CC(C)(C)n1cc(C=O)c(-c2nccs2)n1. The van der Waals surface area contributed by atoms with Crippen molar-refractivity contribution >= 4 is 17.6 Å². The van der Waals surface area contributed by atoms with Gasteiger partial charge in [-0.2, -0.15) is 5.10 Å². The summed E-state index contributed by atoms with van der Waals surface area (Å²) in [5.41, 5.74) is 1.12. The van der Waals surface area contributed by atoms with Crippen molar-refractivity contribution in [1.82, 2.24) is 14.8 Å². The average molecular weight is 235 g/mol. The standard InChI is InChI=1S/C11H13N3OS/c1-11(2,3)14-6-8(7-15)9(13-14)10-12-4-5-16-10/h4-7H,1-3H3. The van der Waals surface area contributed by atoms with Crippen LogP contribution in [0.15, 0.2) is 17.8 Å². The largest absolute Gasteiger partial charge is 0.298 e. The van der Waals surface area contributed by atoms with E-state index in [-0.39, 0.29) is 5.54 Å². The van der Waals surface area contributed by atoms with Gasteiger partial charge in [-0.15, -0.1) is 11.3 Å². The van der Waals surface area contributed by atoms with Crippen LogP contribution < -0.4 is 0 Å². The predicted octanol–water partition coefficient (Wildman–Crippen LogP) is 2.57. The van der Waals surface area contributed by atoms with Crippen LogP contribution in [0.3, 0.4) is 0 Å². The van der Waals surface area contributed by atoms with Crippen LogP contribution in [0, 0.1) is 0 Å². The Morgan fingerprint density at radius 1 is 1.44 bits per heavy atom. The normalized spacial score (nSPS) is 11.7. The third kappa shape index (κ3) is 1.90. The molecule has 0 spiro atoms. The first-order chi connectivity index (χ1) is 7.52. The maximum Gasteiger partial charge on any atom is 0.153 e. The van der Waals surface area contributed by atoms with E-state index in [0.717, 1.165) is 11.3 Å². The molecule has 5 heteroatoms. The van der Waals surface area contributed by atoms with Crippen LogP contribution in [0.2, 0.25) is 0 Å². The van der Waals surface area contributed by atoms with E-state index in [4.69, 9.17) is 0 Å². The smallest absolute Gasteiger partial charge is 0.153 e. The molecule has 84 valence electrons. The first-order valence-electron chi connectivity index (χ1n) is 4.97. The van der Waals surface area contributed by atoms with Gasteiger partial charge in [-0.05, 0) is 20.8 Å². The molecular formula is C11H13N3OS. The van der Waals surface area contributed by atoms with E-state index < -0.39 is 0 Å². The molecule has 2 aromatic rings. The minimum Gasteiger partial charge on any atom is -0.298 e. The molecule has 0 N–H and O–H groups in total. The summed E-state index contributed by atoms with van der Waals surface area (Å²) in [5, 5.41) is 7.09. The van der Waals surface area contributed by atoms with Crippen LogP contribution in [0.1, 0.15) is 31.1 Å². The zero-order valence-corrected chi connectivity index (χ0v) is 10.3. The summed E-state index contributed by atoms with van der Waals surface area (Å²) >= 11 is 1.48. The van der Waals surface area contributed by atoms with Crippen molar-refractivity contribution in [2.24, 2.45) is 0 Å². The van der Waals surface area contributed by atoms with E-state index in [1.807, 2.05) is 26.2 Å². The number of carbonyl (C=O) groups excluding carboxylic acids is 1. The summed E-state index contributed by atoms with van der Waals surface area (Å²) < 4.78 is 1.80. The van der Waals surface area contributed by atoms with Gasteiger partial charge in [-0.1, -0.05) is 0 Å². The molecule has 0 atom stereocenters. The maximum atomic E-state index is 11.0. The molecule has 0 aliphatic heterocycles. The summed E-state index contributed by atoms with van der Waals surface area (Å²) in [6.07, 6.45) is 4.31. The Morgan fingerprint density at radius 3 is 2.69 bits per heavy atom.